The smallest absolute Gasteiger partial charge is 0.248 e. The topological polar surface area (TPSA) is 66.4 Å². The molecular formula is C30H29ClF4N4O3. The van der Waals surface area contributed by atoms with Crippen LogP contribution in [0.1, 0.15) is 18.9 Å². The summed E-state index contributed by atoms with van der Waals surface area (Å²) in [5.74, 6) is -4.93. The van der Waals surface area contributed by atoms with E-state index in [9.17, 15) is 13.6 Å². The molecule has 0 saturated carbocycles. The molecular weight excluding hydrogens is 576 g/mol. The lowest BCUT2D eigenvalue weighted by Crippen LogP contribution is -2.66. The Kier molecular flexibility index (Phi) is 7.41. The summed E-state index contributed by atoms with van der Waals surface area (Å²) in [7, 11) is 1.96. The molecule has 3 aliphatic heterocycles. The normalized spacial score (nSPS) is 27.0. The summed E-state index contributed by atoms with van der Waals surface area (Å²) in [5, 5.41) is 9.19. The van der Waals surface area contributed by atoms with E-state index in [1.807, 2.05) is 7.05 Å². The zero-order chi connectivity index (χ0) is 29.8. The van der Waals surface area contributed by atoms with Gasteiger partial charge in [0.25, 0.3) is 0 Å². The quantitative estimate of drug-likeness (QED) is 0.492. The summed E-state index contributed by atoms with van der Waals surface area (Å²) < 4.78 is 70.0. The van der Waals surface area contributed by atoms with Gasteiger partial charge in [-0.05, 0) is 44.3 Å². The van der Waals surface area contributed by atoms with E-state index in [4.69, 9.17) is 21.1 Å². The molecule has 0 aromatic heterocycles. The van der Waals surface area contributed by atoms with E-state index in [2.05, 4.69) is 15.3 Å². The number of carbonyl (C=O) groups excluding carboxylic acids is 1. The minimum atomic E-state index is -1.67. The van der Waals surface area contributed by atoms with E-state index < -0.39 is 46.2 Å². The summed E-state index contributed by atoms with van der Waals surface area (Å²) in [6.07, 6.45) is 3.28. The molecule has 3 unspecified atom stereocenters. The number of ether oxygens (including phenoxy) is 2. The van der Waals surface area contributed by atoms with Gasteiger partial charge in [0, 0.05) is 48.8 Å². The minimum absolute atomic E-state index is 0.0569. The summed E-state index contributed by atoms with van der Waals surface area (Å²) in [6.45, 7) is 3.88. The molecule has 6 rings (SSSR count). The first-order valence-corrected chi connectivity index (χ1v) is 13.9. The maximum absolute atomic E-state index is 15.3. The van der Waals surface area contributed by atoms with E-state index in [-0.39, 0.29) is 36.0 Å². The zero-order valence-electron chi connectivity index (χ0n) is 23.0. The predicted octanol–water partition coefficient (Wildman–Crippen LogP) is 4.51. The van der Waals surface area contributed by atoms with Gasteiger partial charge in [-0.25, -0.2) is 22.6 Å². The largest absolute Gasteiger partial charge is 0.375 e. The molecule has 2 aromatic rings. The Labute approximate surface area is 245 Å². The Morgan fingerprint density at radius 2 is 1.81 bits per heavy atom. The molecule has 0 radical (unpaired) electrons. The fourth-order valence-electron chi connectivity index (χ4n) is 6.31. The van der Waals surface area contributed by atoms with Crippen molar-refractivity contribution in [2.45, 2.75) is 30.6 Å². The number of likely N-dealkylation sites (N-methyl/N-ethyl adjacent to an activating group) is 1. The van der Waals surface area contributed by atoms with Crippen LogP contribution in [0.15, 0.2) is 64.3 Å². The molecule has 2 aromatic carbocycles. The van der Waals surface area contributed by atoms with Gasteiger partial charge >= 0.3 is 0 Å². The molecule has 1 aliphatic carbocycles. The predicted molar refractivity (Wildman–Crippen MR) is 149 cm³/mol. The number of amides is 1. The molecule has 4 aliphatic rings. The summed E-state index contributed by atoms with van der Waals surface area (Å²) in [5.41, 5.74) is -1.64. The average Bonchev–Trinajstić information content (AvgIpc) is 3.47. The fraction of sp³-hybridized carbons (Fsp3) is 0.400. The highest BCUT2D eigenvalue weighted by molar-refractivity contribution is 6.30. The van der Waals surface area contributed by atoms with Crippen LogP contribution in [0.2, 0.25) is 0 Å². The number of hydrogen-bond acceptors (Lipinski definition) is 6. The van der Waals surface area contributed by atoms with Crippen LogP contribution in [0.3, 0.4) is 0 Å². The highest BCUT2D eigenvalue weighted by Crippen LogP contribution is 2.46. The molecule has 1 N–H and O–H groups in total. The van der Waals surface area contributed by atoms with Crippen molar-refractivity contribution in [3.8, 4) is 0 Å². The second-order valence-electron chi connectivity index (χ2n) is 11.5. The van der Waals surface area contributed by atoms with Gasteiger partial charge in [-0.15, -0.1) is 0 Å². The van der Waals surface area contributed by atoms with Crippen LogP contribution in [-0.2, 0) is 14.3 Å². The van der Waals surface area contributed by atoms with Crippen LogP contribution in [0.4, 0.5) is 23.2 Å². The number of halogens is 5. The molecule has 7 nitrogen and oxygen atoms in total. The van der Waals surface area contributed by atoms with Gasteiger partial charge in [0.2, 0.25) is 5.91 Å². The van der Waals surface area contributed by atoms with Crippen molar-refractivity contribution in [3.05, 3.63) is 88.0 Å². The monoisotopic (exact) mass is 604 g/mol. The number of nitrogens with zero attached hydrogens (tertiary/aromatic N) is 3. The number of morpholine rings is 1. The van der Waals surface area contributed by atoms with Crippen molar-refractivity contribution in [1.82, 2.24) is 10.2 Å². The van der Waals surface area contributed by atoms with Crippen molar-refractivity contribution in [2.24, 2.45) is 11.0 Å². The van der Waals surface area contributed by atoms with Crippen molar-refractivity contribution in [3.63, 3.8) is 0 Å². The van der Waals surface area contributed by atoms with Gasteiger partial charge in [-0.3, -0.25) is 4.79 Å². The van der Waals surface area contributed by atoms with Gasteiger partial charge < -0.3 is 19.7 Å². The molecule has 42 heavy (non-hydrogen) atoms. The van der Waals surface area contributed by atoms with Crippen molar-refractivity contribution < 1.29 is 31.8 Å². The average molecular weight is 605 g/mol. The van der Waals surface area contributed by atoms with E-state index in [1.165, 1.54) is 12.1 Å². The van der Waals surface area contributed by atoms with Crippen LogP contribution in [0.25, 0.3) is 0 Å². The Hall–Kier alpha value is -3.25. The highest BCUT2D eigenvalue weighted by Gasteiger charge is 2.56. The second-order valence-corrected chi connectivity index (χ2v) is 11.9. The highest BCUT2D eigenvalue weighted by atomic mass is 35.5. The molecule has 2 fully saturated rings. The first-order valence-electron chi connectivity index (χ1n) is 13.6. The van der Waals surface area contributed by atoms with Crippen LogP contribution >= 0.6 is 11.6 Å². The molecule has 2 saturated heterocycles. The molecule has 1 amide bonds. The molecule has 222 valence electrons. The number of hydrogen-bond donors (Lipinski definition) is 1. The molecule has 3 heterocycles. The van der Waals surface area contributed by atoms with Crippen LogP contribution < -0.4 is 10.3 Å². The third kappa shape index (κ3) is 5.02. The maximum atomic E-state index is 15.3. The van der Waals surface area contributed by atoms with E-state index >= 15 is 8.78 Å². The van der Waals surface area contributed by atoms with Gasteiger partial charge in [0.05, 0.1) is 36.6 Å². The summed E-state index contributed by atoms with van der Waals surface area (Å²) in [4.78, 5) is 16.4. The Bertz CT molecular complexity index is 1530. The Morgan fingerprint density at radius 3 is 2.43 bits per heavy atom. The van der Waals surface area contributed by atoms with Crippen molar-refractivity contribution in [1.29, 1.82) is 0 Å². The molecule has 3 atom stereocenters. The number of allylic oxidation sites excluding steroid dienone is 3. The maximum Gasteiger partial charge on any atom is 0.248 e. The van der Waals surface area contributed by atoms with Crippen LogP contribution in [0, 0.1) is 29.2 Å². The molecule has 1 spiro atoms. The zero-order valence-corrected chi connectivity index (χ0v) is 23.7. The first-order chi connectivity index (χ1) is 20.0. The molecule has 12 heteroatoms. The van der Waals surface area contributed by atoms with E-state index in [0.717, 1.165) is 23.2 Å². The van der Waals surface area contributed by atoms with Gasteiger partial charge in [-0.1, -0.05) is 23.3 Å². The van der Waals surface area contributed by atoms with Crippen molar-refractivity contribution in [2.75, 3.05) is 44.9 Å². The Morgan fingerprint density at radius 1 is 1.10 bits per heavy atom. The summed E-state index contributed by atoms with van der Waals surface area (Å²) >= 11 is 6.32. The third-order valence-electron chi connectivity index (χ3n) is 8.22. The van der Waals surface area contributed by atoms with Gasteiger partial charge in [-0.2, -0.15) is 5.10 Å². The number of nitrogens with one attached hydrogen (secondary N) is 1. The lowest BCUT2D eigenvalue weighted by atomic mass is 9.74. The second kappa shape index (κ2) is 10.8. The number of anilines is 1. The van der Waals surface area contributed by atoms with Crippen molar-refractivity contribution >= 4 is 28.9 Å². The van der Waals surface area contributed by atoms with E-state index in [0.29, 0.717) is 43.0 Å². The lowest BCUT2D eigenvalue weighted by Gasteiger charge is -2.50. The SMILES string of the molecule is CN1CC(CNC(=O)C2(C)C(C3=CC=C(Cl)C3)C(c3ccc(F)cc3F)=NN2c2ccc(F)cc2F)OC2(COC2)C1. The first kappa shape index (κ1) is 28.9. The lowest BCUT2D eigenvalue weighted by molar-refractivity contribution is -0.258. The third-order valence-corrected chi connectivity index (χ3v) is 8.48. The molecule has 0 bridgehead atoms. The van der Waals surface area contributed by atoms with E-state index in [1.54, 1.807) is 19.1 Å². The Balaban J connectivity index is 1.40. The van der Waals surface area contributed by atoms with Crippen LogP contribution in [-0.4, -0.2) is 73.7 Å². The van der Waals surface area contributed by atoms with Crippen LogP contribution in [0.5, 0.6) is 0 Å². The van der Waals surface area contributed by atoms with Gasteiger partial charge in [0.15, 0.2) is 11.4 Å². The number of benzene rings is 2. The van der Waals surface area contributed by atoms with Gasteiger partial charge in [0.1, 0.15) is 23.1 Å². The number of carbonyl (C=O) groups is 1. The fourth-order valence-corrected chi connectivity index (χ4v) is 6.52. The standard InChI is InChI=1S/C30H29ClF4N4O3/c1-29(28(40)36-12-21-13-38(2)14-30(42-21)15-41-16-30)26(17-3-4-18(31)9-17)27(22-7-5-19(32)10-23(22)34)37-39(29)25-8-6-20(33)11-24(25)35/h3-8,10-11,21,26H,9,12-16H2,1-2H3,(H,36,40). The summed E-state index contributed by atoms with van der Waals surface area (Å²) in [6, 6.07) is 5.95. The minimum Gasteiger partial charge on any atom is -0.375 e. The number of rotatable bonds is 6. The number of hydrazone groups is 1.